The van der Waals surface area contributed by atoms with Crippen LogP contribution in [0.5, 0.6) is 0 Å². The number of hydrogen-bond acceptors (Lipinski definition) is 5. The third-order valence-electron chi connectivity index (χ3n) is 3.81. The smallest absolute Gasteiger partial charge is 0.257 e. The third kappa shape index (κ3) is 2.71. The maximum atomic E-state index is 12.7. The molecular formula is C15H19N5O2. The first-order chi connectivity index (χ1) is 10.7. The molecule has 7 nitrogen and oxygen atoms in total. The second-order valence-electron chi connectivity index (χ2n) is 5.37. The Balaban J connectivity index is 1.82. The molecule has 1 aliphatic rings. The molecule has 2 aromatic heterocycles. The van der Waals surface area contributed by atoms with E-state index in [2.05, 4.69) is 22.0 Å². The molecule has 22 heavy (non-hydrogen) atoms. The lowest BCUT2D eigenvalue weighted by atomic mass is 10.1. The van der Waals surface area contributed by atoms with Crippen LogP contribution in [0.2, 0.25) is 0 Å². The number of aliphatic hydroxyl groups excluding tert-OH is 1. The molecule has 2 aromatic rings. The maximum Gasteiger partial charge on any atom is 0.257 e. The molecule has 0 aromatic carbocycles. The molecule has 1 aliphatic heterocycles. The number of carbonyl (C=O) groups excluding carboxylic acids is 1. The second kappa shape index (κ2) is 6.23. The highest BCUT2D eigenvalue weighted by molar-refractivity contribution is 5.95. The first kappa shape index (κ1) is 14.6. The van der Waals surface area contributed by atoms with Gasteiger partial charge in [0.2, 0.25) is 0 Å². The Morgan fingerprint density at radius 3 is 3.05 bits per heavy atom. The molecular weight excluding hydrogens is 282 g/mol. The molecule has 1 N–H and O–H groups in total. The van der Waals surface area contributed by atoms with E-state index in [-0.39, 0.29) is 12.5 Å². The Kier molecular flexibility index (Phi) is 4.15. The molecule has 0 aliphatic carbocycles. The number of aryl methyl sites for hydroxylation is 1. The lowest BCUT2D eigenvalue weighted by Crippen LogP contribution is -2.39. The van der Waals surface area contributed by atoms with Crippen molar-refractivity contribution in [1.29, 1.82) is 0 Å². The van der Waals surface area contributed by atoms with E-state index in [0.717, 1.165) is 24.2 Å². The fourth-order valence-electron chi connectivity index (χ4n) is 2.72. The van der Waals surface area contributed by atoms with E-state index in [4.69, 9.17) is 5.11 Å². The van der Waals surface area contributed by atoms with Crippen molar-refractivity contribution in [2.45, 2.75) is 39.5 Å². The number of rotatable bonds is 4. The van der Waals surface area contributed by atoms with Crippen LogP contribution >= 0.6 is 0 Å². The number of aromatic nitrogens is 4. The van der Waals surface area contributed by atoms with Gasteiger partial charge in [0.05, 0.1) is 42.3 Å². The molecule has 0 saturated heterocycles. The van der Waals surface area contributed by atoms with E-state index < -0.39 is 0 Å². The van der Waals surface area contributed by atoms with Crippen molar-refractivity contribution < 1.29 is 9.90 Å². The third-order valence-corrected chi connectivity index (χ3v) is 3.81. The quantitative estimate of drug-likeness (QED) is 0.902. The summed E-state index contributed by atoms with van der Waals surface area (Å²) >= 11 is 0. The average Bonchev–Trinajstić information content (AvgIpc) is 2.97. The average molecular weight is 301 g/mol. The van der Waals surface area contributed by atoms with E-state index in [1.165, 1.54) is 6.33 Å². The summed E-state index contributed by atoms with van der Waals surface area (Å²) in [5, 5.41) is 13.4. The monoisotopic (exact) mass is 301 g/mol. The van der Waals surface area contributed by atoms with Crippen LogP contribution in [0.1, 0.15) is 40.8 Å². The van der Waals surface area contributed by atoms with Crippen LogP contribution in [0, 0.1) is 0 Å². The Labute approximate surface area is 128 Å². The zero-order chi connectivity index (χ0) is 15.5. The highest BCUT2D eigenvalue weighted by Gasteiger charge is 2.25. The van der Waals surface area contributed by atoms with Gasteiger partial charge in [-0.2, -0.15) is 5.10 Å². The minimum atomic E-state index is -0.0822. The fourth-order valence-corrected chi connectivity index (χ4v) is 2.72. The largest absolute Gasteiger partial charge is 0.390 e. The number of hydrogen-bond donors (Lipinski definition) is 1. The molecule has 0 unspecified atom stereocenters. The topological polar surface area (TPSA) is 84.1 Å². The van der Waals surface area contributed by atoms with Gasteiger partial charge >= 0.3 is 0 Å². The highest BCUT2D eigenvalue weighted by Crippen LogP contribution is 2.17. The lowest BCUT2D eigenvalue weighted by Gasteiger charge is -2.28. The van der Waals surface area contributed by atoms with Crippen LogP contribution in [0.4, 0.5) is 0 Å². The summed E-state index contributed by atoms with van der Waals surface area (Å²) in [7, 11) is 0. The minimum Gasteiger partial charge on any atom is -0.390 e. The van der Waals surface area contributed by atoms with Crippen LogP contribution < -0.4 is 0 Å². The van der Waals surface area contributed by atoms with Gasteiger partial charge < -0.3 is 10.0 Å². The standard InChI is InChI=1S/C15H19N5O2/c1-2-3-14-13(7-16-10-17-14)15(22)19-4-5-20-12(8-19)6-11(9-21)18-20/h6-7,10,21H,2-5,8-9H2,1H3. The number of carbonyl (C=O) groups is 1. The van der Waals surface area contributed by atoms with Crippen LogP contribution in [0.25, 0.3) is 0 Å². The van der Waals surface area contributed by atoms with Gasteiger partial charge in [0.25, 0.3) is 5.91 Å². The highest BCUT2D eigenvalue weighted by atomic mass is 16.3. The Bertz CT molecular complexity index is 682. The molecule has 0 spiro atoms. The Morgan fingerprint density at radius 2 is 2.27 bits per heavy atom. The predicted molar refractivity (Wildman–Crippen MR) is 78.9 cm³/mol. The van der Waals surface area contributed by atoms with Gasteiger partial charge in [-0.15, -0.1) is 0 Å². The number of nitrogens with zero attached hydrogens (tertiary/aromatic N) is 5. The molecule has 0 saturated carbocycles. The zero-order valence-electron chi connectivity index (χ0n) is 12.6. The summed E-state index contributed by atoms with van der Waals surface area (Å²) in [5.74, 6) is -0.0398. The van der Waals surface area contributed by atoms with Crippen LogP contribution in [-0.2, 0) is 26.1 Å². The Morgan fingerprint density at radius 1 is 1.41 bits per heavy atom. The van der Waals surface area contributed by atoms with Gasteiger partial charge in [0.1, 0.15) is 6.33 Å². The van der Waals surface area contributed by atoms with Crippen molar-refractivity contribution in [3.63, 3.8) is 0 Å². The van der Waals surface area contributed by atoms with Gasteiger partial charge in [0, 0.05) is 12.7 Å². The van der Waals surface area contributed by atoms with Gasteiger partial charge in [0.15, 0.2) is 0 Å². The molecule has 0 fully saturated rings. The summed E-state index contributed by atoms with van der Waals surface area (Å²) in [5.41, 5.74) is 2.97. The summed E-state index contributed by atoms with van der Waals surface area (Å²) in [4.78, 5) is 22.8. The van der Waals surface area contributed by atoms with E-state index in [1.54, 1.807) is 11.1 Å². The van der Waals surface area contributed by atoms with Gasteiger partial charge in [-0.05, 0) is 12.5 Å². The van der Waals surface area contributed by atoms with Crippen molar-refractivity contribution in [3.05, 3.63) is 41.2 Å². The van der Waals surface area contributed by atoms with Crippen LogP contribution in [0.3, 0.4) is 0 Å². The van der Waals surface area contributed by atoms with Crippen LogP contribution in [-0.4, -0.2) is 42.2 Å². The van der Waals surface area contributed by atoms with Crippen LogP contribution in [0.15, 0.2) is 18.6 Å². The molecule has 3 rings (SSSR count). The lowest BCUT2D eigenvalue weighted by molar-refractivity contribution is 0.0703. The first-order valence-electron chi connectivity index (χ1n) is 7.47. The molecule has 7 heteroatoms. The summed E-state index contributed by atoms with van der Waals surface area (Å²) < 4.78 is 1.85. The first-order valence-corrected chi connectivity index (χ1v) is 7.47. The zero-order valence-corrected chi connectivity index (χ0v) is 12.6. The number of amides is 1. The molecule has 0 atom stereocenters. The van der Waals surface area contributed by atoms with E-state index in [0.29, 0.717) is 30.9 Å². The number of aliphatic hydroxyl groups is 1. The minimum absolute atomic E-state index is 0.0398. The normalized spacial score (nSPS) is 14.0. The Hall–Kier alpha value is -2.28. The summed E-state index contributed by atoms with van der Waals surface area (Å²) in [6.07, 6.45) is 4.79. The van der Waals surface area contributed by atoms with Gasteiger partial charge in [-0.25, -0.2) is 9.97 Å². The van der Waals surface area contributed by atoms with Crippen molar-refractivity contribution in [2.75, 3.05) is 6.54 Å². The van der Waals surface area contributed by atoms with Crippen molar-refractivity contribution in [2.24, 2.45) is 0 Å². The second-order valence-corrected chi connectivity index (χ2v) is 5.37. The van der Waals surface area contributed by atoms with Gasteiger partial charge in [-0.3, -0.25) is 9.48 Å². The van der Waals surface area contributed by atoms with E-state index >= 15 is 0 Å². The van der Waals surface area contributed by atoms with Crippen molar-refractivity contribution >= 4 is 5.91 Å². The molecule has 0 bridgehead atoms. The molecule has 3 heterocycles. The SMILES string of the molecule is CCCc1ncncc1C(=O)N1CCn2nc(CO)cc2C1. The molecule has 1 amide bonds. The summed E-state index contributed by atoms with van der Waals surface area (Å²) in [6, 6.07) is 1.84. The summed E-state index contributed by atoms with van der Waals surface area (Å²) in [6.45, 7) is 3.70. The van der Waals surface area contributed by atoms with Crippen molar-refractivity contribution in [3.8, 4) is 0 Å². The molecule has 0 radical (unpaired) electrons. The van der Waals surface area contributed by atoms with Crippen molar-refractivity contribution in [1.82, 2.24) is 24.6 Å². The van der Waals surface area contributed by atoms with E-state index in [9.17, 15) is 4.79 Å². The molecule has 116 valence electrons. The maximum absolute atomic E-state index is 12.7. The van der Waals surface area contributed by atoms with Gasteiger partial charge in [-0.1, -0.05) is 13.3 Å². The number of fused-ring (bicyclic) bond motifs is 1. The predicted octanol–water partition coefficient (Wildman–Crippen LogP) is 0.774. The van der Waals surface area contributed by atoms with E-state index in [1.807, 2.05) is 10.7 Å². The fraction of sp³-hybridized carbons (Fsp3) is 0.467.